The molecule has 156 valence electrons. The SMILES string of the molecule is COC(=O)C1=C(Nc2ccc(Sc3ncccc3[N+](=O)[O-])cc2)C(=O)N(CCO)C1. The van der Waals surface area contributed by atoms with Gasteiger partial charge < -0.3 is 20.1 Å². The lowest BCUT2D eigenvalue weighted by atomic mass is 10.2. The molecule has 1 aromatic heterocycles. The lowest BCUT2D eigenvalue weighted by molar-refractivity contribution is -0.388. The highest BCUT2D eigenvalue weighted by Gasteiger charge is 2.34. The Kier molecular flexibility index (Phi) is 6.65. The number of nitro groups is 1. The van der Waals surface area contributed by atoms with Crippen LogP contribution in [0.3, 0.4) is 0 Å². The largest absolute Gasteiger partial charge is 0.466 e. The zero-order valence-corrected chi connectivity index (χ0v) is 16.7. The topological polar surface area (TPSA) is 135 Å². The monoisotopic (exact) mass is 430 g/mol. The van der Waals surface area contributed by atoms with E-state index in [4.69, 9.17) is 9.84 Å². The second kappa shape index (κ2) is 9.37. The first-order chi connectivity index (χ1) is 14.4. The number of aromatic nitrogens is 1. The van der Waals surface area contributed by atoms with Crippen molar-refractivity contribution in [2.75, 3.05) is 32.1 Å². The molecule has 0 saturated carbocycles. The molecule has 11 heteroatoms. The van der Waals surface area contributed by atoms with Crippen LogP contribution in [0.25, 0.3) is 0 Å². The van der Waals surface area contributed by atoms with Crippen molar-refractivity contribution in [2.24, 2.45) is 0 Å². The van der Waals surface area contributed by atoms with Gasteiger partial charge in [0.15, 0.2) is 5.03 Å². The van der Waals surface area contributed by atoms with Gasteiger partial charge in [0.25, 0.3) is 5.91 Å². The van der Waals surface area contributed by atoms with E-state index in [1.807, 2.05) is 0 Å². The molecule has 1 aliphatic heterocycles. The van der Waals surface area contributed by atoms with E-state index < -0.39 is 16.8 Å². The highest BCUT2D eigenvalue weighted by Crippen LogP contribution is 2.33. The van der Waals surface area contributed by atoms with Gasteiger partial charge in [-0.2, -0.15) is 0 Å². The molecule has 0 saturated heterocycles. The molecule has 2 aromatic rings. The van der Waals surface area contributed by atoms with Crippen molar-refractivity contribution in [3.05, 3.63) is 64.0 Å². The zero-order chi connectivity index (χ0) is 21.7. The van der Waals surface area contributed by atoms with Gasteiger partial charge in [-0.25, -0.2) is 9.78 Å². The van der Waals surface area contributed by atoms with Crippen LogP contribution in [-0.2, 0) is 14.3 Å². The number of nitrogens with zero attached hydrogens (tertiary/aromatic N) is 3. The predicted octanol–water partition coefficient (Wildman–Crippen LogP) is 1.81. The summed E-state index contributed by atoms with van der Waals surface area (Å²) in [5.74, 6) is -1.03. The first-order valence-electron chi connectivity index (χ1n) is 8.80. The summed E-state index contributed by atoms with van der Waals surface area (Å²) in [7, 11) is 1.23. The fraction of sp³-hybridized carbons (Fsp3) is 0.211. The molecule has 30 heavy (non-hydrogen) atoms. The minimum atomic E-state index is -0.624. The van der Waals surface area contributed by atoms with E-state index in [0.717, 1.165) is 11.8 Å². The maximum Gasteiger partial charge on any atom is 0.337 e. The van der Waals surface area contributed by atoms with Gasteiger partial charge in [0.2, 0.25) is 0 Å². The Balaban J connectivity index is 1.78. The average Bonchev–Trinajstić information content (AvgIpc) is 3.05. The van der Waals surface area contributed by atoms with Crippen molar-refractivity contribution in [1.82, 2.24) is 9.88 Å². The molecule has 0 unspecified atom stereocenters. The summed E-state index contributed by atoms with van der Waals surface area (Å²) >= 11 is 1.14. The highest BCUT2D eigenvalue weighted by molar-refractivity contribution is 7.99. The van der Waals surface area contributed by atoms with Crippen molar-refractivity contribution in [1.29, 1.82) is 0 Å². The van der Waals surface area contributed by atoms with Crippen LogP contribution in [0.4, 0.5) is 11.4 Å². The van der Waals surface area contributed by atoms with E-state index in [1.165, 1.54) is 30.3 Å². The number of rotatable bonds is 8. The van der Waals surface area contributed by atoms with Gasteiger partial charge in [0.1, 0.15) is 5.70 Å². The van der Waals surface area contributed by atoms with Crippen LogP contribution < -0.4 is 5.32 Å². The number of nitrogens with one attached hydrogen (secondary N) is 1. The van der Waals surface area contributed by atoms with Gasteiger partial charge in [0.05, 0.1) is 30.8 Å². The number of hydrogen-bond acceptors (Lipinski definition) is 9. The molecule has 0 atom stereocenters. The van der Waals surface area contributed by atoms with Crippen LogP contribution in [0.5, 0.6) is 0 Å². The lowest BCUT2D eigenvalue weighted by Crippen LogP contribution is -2.31. The molecular formula is C19H18N4O6S. The summed E-state index contributed by atoms with van der Waals surface area (Å²) < 4.78 is 4.75. The molecule has 1 aliphatic rings. The van der Waals surface area contributed by atoms with E-state index in [9.17, 15) is 19.7 Å². The number of amides is 1. The zero-order valence-electron chi connectivity index (χ0n) is 15.9. The van der Waals surface area contributed by atoms with Crippen LogP contribution in [-0.4, -0.2) is 58.6 Å². The van der Waals surface area contributed by atoms with Crippen LogP contribution in [0.2, 0.25) is 0 Å². The van der Waals surface area contributed by atoms with Gasteiger partial charge in [-0.05, 0) is 30.3 Å². The van der Waals surface area contributed by atoms with E-state index in [-0.39, 0.29) is 41.7 Å². The maximum absolute atomic E-state index is 12.6. The molecule has 0 bridgehead atoms. The third-order valence-corrected chi connectivity index (χ3v) is 5.26. The van der Waals surface area contributed by atoms with Gasteiger partial charge >= 0.3 is 11.7 Å². The molecule has 0 fully saturated rings. The number of ether oxygens (including phenoxy) is 1. The van der Waals surface area contributed by atoms with Crippen LogP contribution in [0.1, 0.15) is 0 Å². The van der Waals surface area contributed by atoms with Gasteiger partial charge in [-0.3, -0.25) is 14.9 Å². The van der Waals surface area contributed by atoms with Crippen LogP contribution in [0, 0.1) is 10.1 Å². The molecule has 1 amide bonds. The lowest BCUT2D eigenvalue weighted by Gasteiger charge is -2.15. The molecule has 2 N–H and O–H groups in total. The highest BCUT2D eigenvalue weighted by atomic mass is 32.2. The molecule has 0 radical (unpaired) electrons. The van der Waals surface area contributed by atoms with Crippen molar-refractivity contribution >= 4 is 35.0 Å². The molecule has 0 aliphatic carbocycles. The number of hydrogen-bond donors (Lipinski definition) is 2. The number of carbonyl (C=O) groups excluding carboxylic acids is 2. The van der Waals surface area contributed by atoms with E-state index in [2.05, 4.69) is 10.3 Å². The minimum absolute atomic E-state index is 0.0473. The second-order valence-corrected chi connectivity index (χ2v) is 7.19. The molecular weight excluding hydrogens is 412 g/mol. The number of benzene rings is 1. The summed E-state index contributed by atoms with van der Waals surface area (Å²) in [5, 5.41) is 23.4. The first-order valence-corrected chi connectivity index (χ1v) is 9.62. The molecule has 3 rings (SSSR count). The number of esters is 1. The second-order valence-electron chi connectivity index (χ2n) is 6.13. The Hall–Kier alpha value is -3.44. The number of β-amino-alcohol motifs (C(OH)–C–C–N with tert-alkyl or cyclic N) is 1. The Bertz CT molecular complexity index is 1010. The van der Waals surface area contributed by atoms with Crippen LogP contribution >= 0.6 is 11.8 Å². The molecule has 10 nitrogen and oxygen atoms in total. The minimum Gasteiger partial charge on any atom is -0.466 e. The summed E-state index contributed by atoms with van der Waals surface area (Å²) in [6, 6.07) is 9.68. The number of aliphatic hydroxyl groups excluding tert-OH is 1. The number of methoxy groups -OCH3 is 1. The van der Waals surface area contributed by atoms with E-state index in [0.29, 0.717) is 10.6 Å². The van der Waals surface area contributed by atoms with Gasteiger partial charge in [0, 0.05) is 29.4 Å². The Labute approximate surface area is 175 Å². The number of anilines is 1. The van der Waals surface area contributed by atoms with Crippen molar-refractivity contribution in [2.45, 2.75) is 9.92 Å². The standard InChI is InChI=1S/C19H18N4O6S/c1-29-19(26)14-11-22(9-10-24)18(25)16(14)21-12-4-6-13(7-5-12)30-17-15(23(27)28)3-2-8-20-17/h2-8,21,24H,9-11H2,1H3. The Morgan fingerprint density at radius 3 is 2.73 bits per heavy atom. The molecule has 1 aromatic carbocycles. The van der Waals surface area contributed by atoms with Crippen molar-refractivity contribution < 1.29 is 24.4 Å². The molecule has 0 spiro atoms. The quantitative estimate of drug-likeness (QED) is 0.365. The molecule has 2 heterocycles. The maximum atomic E-state index is 12.6. The third kappa shape index (κ3) is 4.58. The fourth-order valence-electron chi connectivity index (χ4n) is 2.81. The van der Waals surface area contributed by atoms with Crippen LogP contribution in [0.15, 0.2) is 63.8 Å². The van der Waals surface area contributed by atoms with Crippen molar-refractivity contribution in [3.63, 3.8) is 0 Å². The van der Waals surface area contributed by atoms with Gasteiger partial charge in [-0.1, -0.05) is 11.8 Å². The normalized spacial score (nSPS) is 13.5. The van der Waals surface area contributed by atoms with E-state index >= 15 is 0 Å². The third-order valence-electron chi connectivity index (χ3n) is 4.24. The average molecular weight is 430 g/mol. The predicted molar refractivity (Wildman–Crippen MR) is 108 cm³/mol. The number of aliphatic hydroxyl groups is 1. The number of carbonyl (C=O) groups is 2. The smallest absolute Gasteiger partial charge is 0.337 e. The van der Waals surface area contributed by atoms with Gasteiger partial charge in [-0.15, -0.1) is 0 Å². The summed E-state index contributed by atoms with van der Waals surface area (Å²) in [4.78, 5) is 41.3. The Morgan fingerprint density at radius 1 is 1.37 bits per heavy atom. The van der Waals surface area contributed by atoms with E-state index in [1.54, 1.807) is 24.3 Å². The summed E-state index contributed by atoms with van der Waals surface area (Å²) in [6.45, 7) is -0.0757. The number of pyridine rings is 1. The Morgan fingerprint density at radius 2 is 2.10 bits per heavy atom. The fourth-order valence-corrected chi connectivity index (χ4v) is 3.67. The first kappa shape index (κ1) is 21.3. The van der Waals surface area contributed by atoms with Crippen molar-refractivity contribution in [3.8, 4) is 0 Å². The summed E-state index contributed by atoms with van der Waals surface area (Å²) in [6.07, 6.45) is 1.48. The summed E-state index contributed by atoms with van der Waals surface area (Å²) in [5.41, 5.74) is 0.734.